The fourth-order valence-corrected chi connectivity index (χ4v) is 2.61. The van der Waals surface area contributed by atoms with Crippen molar-refractivity contribution in [1.82, 2.24) is 5.32 Å². The largest absolute Gasteiger partial charge is 0.497 e. The Kier molecular flexibility index (Phi) is 6.23. The van der Waals surface area contributed by atoms with Crippen LogP contribution in [0, 0.1) is 5.41 Å². The first-order chi connectivity index (χ1) is 11.9. The molecule has 0 aromatic heterocycles. The third kappa shape index (κ3) is 5.99. The number of urea groups is 1. The van der Waals surface area contributed by atoms with Crippen LogP contribution in [0.2, 0.25) is 0 Å². The molecule has 0 radical (unpaired) electrons. The van der Waals surface area contributed by atoms with Gasteiger partial charge in [-0.25, -0.2) is 4.79 Å². The molecule has 0 heterocycles. The summed E-state index contributed by atoms with van der Waals surface area (Å²) in [5.74, 6) is 0.706. The van der Waals surface area contributed by atoms with Gasteiger partial charge in [-0.05, 0) is 35.1 Å². The number of ether oxygens (including phenoxy) is 1. The van der Waals surface area contributed by atoms with E-state index in [9.17, 15) is 4.79 Å². The van der Waals surface area contributed by atoms with E-state index < -0.39 is 0 Å². The molecule has 0 aliphatic rings. The van der Waals surface area contributed by atoms with Gasteiger partial charge in [-0.1, -0.05) is 56.8 Å². The predicted molar refractivity (Wildman–Crippen MR) is 104 cm³/mol. The van der Waals surface area contributed by atoms with E-state index >= 15 is 0 Å². The first-order valence-corrected chi connectivity index (χ1v) is 8.32. The Morgan fingerprint density at radius 3 is 2.52 bits per heavy atom. The van der Waals surface area contributed by atoms with E-state index in [1.165, 1.54) is 0 Å². The number of nitrogens with one attached hydrogen (secondary N) is 2. The zero-order valence-electron chi connectivity index (χ0n) is 15.1. The summed E-state index contributed by atoms with van der Waals surface area (Å²) in [4.78, 5) is 12.1. The van der Waals surface area contributed by atoms with Crippen molar-refractivity contribution in [2.24, 2.45) is 5.41 Å². The van der Waals surface area contributed by atoms with Gasteiger partial charge in [0.2, 0.25) is 0 Å². The maximum absolute atomic E-state index is 12.1. The van der Waals surface area contributed by atoms with E-state index in [2.05, 4.69) is 43.2 Å². The Hall–Kier alpha value is -2.75. The van der Waals surface area contributed by atoms with E-state index in [0.29, 0.717) is 18.0 Å². The van der Waals surface area contributed by atoms with Crippen molar-refractivity contribution in [2.45, 2.75) is 20.3 Å². The third-order valence-corrected chi connectivity index (χ3v) is 3.93. The average Bonchev–Trinajstić information content (AvgIpc) is 2.60. The normalized spacial score (nSPS) is 10.8. The molecule has 25 heavy (non-hydrogen) atoms. The molecule has 0 unspecified atom stereocenters. The van der Waals surface area contributed by atoms with E-state index in [4.69, 9.17) is 4.74 Å². The number of rotatable bonds is 7. The molecule has 0 bridgehead atoms. The van der Waals surface area contributed by atoms with Gasteiger partial charge in [-0.15, -0.1) is 0 Å². The highest BCUT2D eigenvalue weighted by Gasteiger charge is 2.20. The minimum Gasteiger partial charge on any atom is -0.497 e. The molecule has 0 saturated heterocycles. The number of carbonyl (C=O) groups is 1. The molecule has 4 nitrogen and oxygen atoms in total. The van der Waals surface area contributed by atoms with Crippen molar-refractivity contribution in [3.63, 3.8) is 0 Å². The fraction of sp³-hybridized carbons (Fsp3) is 0.286. The lowest BCUT2D eigenvalue weighted by Crippen LogP contribution is -2.36. The minimum atomic E-state index is -0.230. The van der Waals surface area contributed by atoms with E-state index in [-0.39, 0.29) is 11.4 Å². The van der Waals surface area contributed by atoms with Crippen molar-refractivity contribution in [3.8, 4) is 5.75 Å². The first-order valence-electron chi connectivity index (χ1n) is 8.32. The van der Waals surface area contributed by atoms with E-state index in [1.54, 1.807) is 13.2 Å². The van der Waals surface area contributed by atoms with Gasteiger partial charge in [0.1, 0.15) is 5.75 Å². The van der Waals surface area contributed by atoms with Gasteiger partial charge in [0.15, 0.2) is 0 Å². The van der Waals surface area contributed by atoms with Crippen LogP contribution in [0.15, 0.2) is 61.2 Å². The molecule has 0 aliphatic heterocycles. The van der Waals surface area contributed by atoms with Crippen LogP contribution >= 0.6 is 0 Å². The quantitative estimate of drug-likeness (QED) is 0.751. The van der Waals surface area contributed by atoms with Crippen LogP contribution in [-0.4, -0.2) is 19.7 Å². The second-order valence-corrected chi connectivity index (χ2v) is 6.85. The lowest BCUT2D eigenvalue weighted by molar-refractivity contribution is 0.245. The topological polar surface area (TPSA) is 50.4 Å². The van der Waals surface area contributed by atoms with Gasteiger partial charge in [0.05, 0.1) is 7.11 Å². The van der Waals surface area contributed by atoms with Crippen LogP contribution in [0.3, 0.4) is 0 Å². The van der Waals surface area contributed by atoms with Crippen LogP contribution < -0.4 is 15.4 Å². The summed E-state index contributed by atoms with van der Waals surface area (Å²) >= 11 is 0. The monoisotopic (exact) mass is 338 g/mol. The molecule has 132 valence electrons. The van der Waals surface area contributed by atoms with Gasteiger partial charge in [0, 0.05) is 18.3 Å². The number of anilines is 1. The van der Waals surface area contributed by atoms with Crippen LogP contribution in [0.4, 0.5) is 10.5 Å². The van der Waals surface area contributed by atoms with Gasteiger partial charge < -0.3 is 15.4 Å². The Bertz CT molecular complexity index is 724. The van der Waals surface area contributed by atoms with Crippen molar-refractivity contribution in [1.29, 1.82) is 0 Å². The Morgan fingerprint density at radius 1 is 1.12 bits per heavy atom. The summed E-state index contributed by atoms with van der Waals surface area (Å²) in [5.41, 5.74) is 2.80. The van der Waals surface area contributed by atoms with Crippen LogP contribution in [0.5, 0.6) is 5.75 Å². The van der Waals surface area contributed by atoms with Gasteiger partial charge in [0.25, 0.3) is 0 Å². The molecule has 0 atom stereocenters. The molecule has 0 saturated carbocycles. The number of allylic oxidation sites excluding steroid dienone is 1. The second-order valence-electron chi connectivity index (χ2n) is 6.85. The number of benzene rings is 2. The average molecular weight is 338 g/mol. The minimum absolute atomic E-state index is 0.0986. The Balaban J connectivity index is 1.86. The highest BCUT2D eigenvalue weighted by molar-refractivity contribution is 5.89. The highest BCUT2D eigenvalue weighted by atomic mass is 16.5. The number of hydrogen-bond acceptors (Lipinski definition) is 2. The Morgan fingerprint density at radius 2 is 1.84 bits per heavy atom. The molecule has 0 aliphatic carbocycles. The molecule has 2 amide bonds. The molecular weight excluding hydrogens is 312 g/mol. The second kappa shape index (κ2) is 8.38. The molecule has 0 spiro atoms. The molecule has 0 fully saturated rings. The third-order valence-electron chi connectivity index (χ3n) is 3.93. The summed E-state index contributed by atoms with van der Waals surface area (Å²) in [5, 5.41) is 5.76. The maximum atomic E-state index is 12.1. The standard InChI is InChI=1S/C21H26N2O2/c1-16(17-9-6-5-7-10-17)14-21(2,3)15-22-20(24)23-18-11-8-12-19(13-18)25-4/h5-13H,1,14-15H2,2-4H3,(H2,22,23,24). The van der Waals surface area contributed by atoms with E-state index in [0.717, 1.165) is 17.6 Å². The zero-order valence-corrected chi connectivity index (χ0v) is 15.1. The van der Waals surface area contributed by atoms with Crippen molar-refractivity contribution in [3.05, 3.63) is 66.7 Å². The summed E-state index contributed by atoms with van der Waals surface area (Å²) in [6.45, 7) is 8.97. The van der Waals surface area contributed by atoms with Crippen molar-refractivity contribution >= 4 is 17.3 Å². The molecule has 2 aromatic rings. The number of carbonyl (C=O) groups excluding carboxylic acids is 1. The first kappa shape index (κ1) is 18.6. The lowest BCUT2D eigenvalue weighted by atomic mass is 9.84. The fourth-order valence-electron chi connectivity index (χ4n) is 2.61. The summed E-state index contributed by atoms with van der Waals surface area (Å²) in [6, 6.07) is 17.2. The molecule has 4 heteroatoms. The van der Waals surface area contributed by atoms with Crippen molar-refractivity contribution in [2.75, 3.05) is 19.0 Å². The number of amides is 2. The van der Waals surface area contributed by atoms with E-state index in [1.807, 2.05) is 36.4 Å². The van der Waals surface area contributed by atoms with Gasteiger partial charge in [-0.2, -0.15) is 0 Å². The highest BCUT2D eigenvalue weighted by Crippen LogP contribution is 2.29. The summed E-state index contributed by atoms with van der Waals surface area (Å²) in [7, 11) is 1.60. The zero-order chi connectivity index (χ0) is 18.3. The Labute approximate surface area is 149 Å². The predicted octanol–water partition coefficient (Wildman–Crippen LogP) is 4.95. The molecule has 2 N–H and O–H groups in total. The van der Waals surface area contributed by atoms with Crippen molar-refractivity contribution < 1.29 is 9.53 Å². The molecular formula is C21H26N2O2. The van der Waals surface area contributed by atoms with Crippen LogP contribution in [0.1, 0.15) is 25.8 Å². The van der Waals surface area contributed by atoms with Gasteiger partial charge in [-0.3, -0.25) is 0 Å². The summed E-state index contributed by atoms with van der Waals surface area (Å²) < 4.78 is 5.16. The molecule has 2 aromatic carbocycles. The van der Waals surface area contributed by atoms with Crippen LogP contribution in [-0.2, 0) is 0 Å². The van der Waals surface area contributed by atoms with Crippen LogP contribution in [0.25, 0.3) is 5.57 Å². The SMILES string of the molecule is C=C(CC(C)(C)CNC(=O)Nc1cccc(OC)c1)c1ccccc1. The lowest BCUT2D eigenvalue weighted by Gasteiger charge is -2.26. The van der Waals surface area contributed by atoms with Gasteiger partial charge >= 0.3 is 6.03 Å². The maximum Gasteiger partial charge on any atom is 0.319 e. The summed E-state index contributed by atoms with van der Waals surface area (Å²) in [6.07, 6.45) is 0.802. The number of methoxy groups -OCH3 is 1. The number of hydrogen-bond donors (Lipinski definition) is 2. The molecule has 2 rings (SSSR count). The smallest absolute Gasteiger partial charge is 0.319 e.